The van der Waals surface area contributed by atoms with E-state index in [1.807, 2.05) is 24.3 Å². The van der Waals surface area contributed by atoms with Gasteiger partial charge in [-0.05, 0) is 40.2 Å². The van der Waals surface area contributed by atoms with Crippen LogP contribution in [0.5, 0.6) is 5.75 Å². The molecule has 0 aromatic heterocycles. The van der Waals surface area contributed by atoms with E-state index in [-0.39, 0.29) is 11.6 Å². The van der Waals surface area contributed by atoms with Crippen molar-refractivity contribution in [1.82, 2.24) is 4.90 Å². The summed E-state index contributed by atoms with van der Waals surface area (Å²) in [6, 6.07) is 12.2. The largest absolute Gasteiger partial charge is 0.495 e. The van der Waals surface area contributed by atoms with Gasteiger partial charge in [0.05, 0.1) is 22.2 Å². The molecule has 26 heavy (non-hydrogen) atoms. The first-order valence-corrected chi connectivity index (χ1v) is 8.91. The number of nitro benzene ring substituents is 1. The van der Waals surface area contributed by atoms with Gasteiger partial charge in [-0.15, -0.1) is 0 Å². The number of anilines is 1. The van der Waals surface area contributed by atoms with E-state index >= 15 is 0 Å². The summed E-state index contributed by atoms with van der Waals surface area (Å²) in [4.78, 5) is 27.2. The second-order valence-corrected chi connectivity index (χ2v) is 6.73. The van der Waals surface area contributed by atoms with Gasteiger partial charge in [-0.2, -0.15) is 0 Å². The average molecular weight is 420 g/mol. The SMILES string of the molecule is COc1ccccc1N1CCN(C(=O)c2ccc(Br)c([N+](=O)[O-])c2)CC1. The zero-order valence-electron chi connectivity index (χ0n) is 14.2. The second kappa shape index (κ2) is 7.74. The fraction of sp³-hybridized carbons (Fsp3) is 0.278. The number of hydrogen-bond acceptors (Lipinski definition) is 5. The Hall–Kier alpha value is -2.61. The Bertz CT molecular complexity index is 835. The van der Waals surface area contributed by atoms with Crippen LogP contribution >= 0.6 is 15.9 Å². The predicted octanol–water partition coefficient (Wildman–Crippen LogP) is 3.33. The highest BCUT2D eigenvalue weighted by Crippen LogP contribution is 2.29. The number of carbonyl (C=O) groups excluding carboxylic acids is 1. The first-order valence-electron chi connectivity index (χ1n) is 8.12. The molecule has 0 aliphatic carbocycles. The molecule has 1 amide bonds. The number of benzene rings is 2. The molecule has 0 N–H and O–H groups in total. The summed E-state index contributed by atoms with van der Waals surface area (Å²) in [5.41, 5.74) is 1.22. The summed E-state index contributed by atoms with van der Waals surface area (Å²) in [5.74, 6) is 0.607. The minimum atomic E-state index is -0.500. The van der Waals surface area contributed by atoms with Crippen LogP contribution in [0, 0.1) is 10.1 Å². The van der Waals surface area contributed by atoms with Gasteiger partial charge in [-0.25, -0.2) is 0 Å². The number of piperazine rings is 1. The lowest BCUT2D eigenvalue weighted by molar-refractivity contribution is -0.385. The molecule has 8 heteroatoms. The summed E-state index contributed by atoms with van der Waals surface area (Å²) < 4.78 is 5.76. The molecule has 1 saturated heterocycles. The Kier molecular flexibility index (Phi) is 5.41. The third-order valence-electron chi connectivity index (χ3n) is 4.38. The zero-order chi connectivity index (χ0) is 18.7. The van der Waals surface area contributed by atoms with Crippen molar-refractivity contribution in [3.05, 3.63) is 62.6 Å². The van der Waals surface area contributed by atoms with Gasteiger partial charge in [-0.1, -0.05) is 12.1 Å². The number of carbonyl (C=O) groups is 1. The highest BCUT2D eigenvalue weighted by atomic mass is 79.9. The molecule has 1 aliphatic rings. The minimum Gasteiger partial charge on any atom is -0.495 e. The maximum Gasteiger partial charge on any atom is 0.284 e. The molecule has 2 aromatic carbocycles. The lowest BCUT2D eigenvalue weighted by atomic mass is 10.1. The fourth-order valence-electron chi connectivity index (χ4n) is 3.01. The molecule has 0 bridgehead atoms. The highest BCUT2D eigenvalue weighted by molar-refractivity contribution is 9.10. The number of nitrogens with zero attached hydrogens (tertiary/aromatic N) is 3. The molecule has 136 valence electrons. The van der Waals surface area contributed by atoms with Crippen LogP contribution in [0.25, 0.3) is 0 Å². The fourth-order valence-corrected chi connectivity index (χ4v) is 3.40. The Morgan fingerprint density at radius 1 is 1.15 bits per heavy atom. The molecule has 1 fully saturated rings. The van der Waals surface area contributed by atoms with Crippen molar-refractivity contribution in [2.24, 2.45) is 0 Å². The first kappa shape index (κ1) is 18.2. The van der Waals surface area contributed by atoms with Crippen molar-refractivity contribution in [3.63, 3.8) is 0 Å². The number of para-hydroxylation sites is 2. The Morgan fingerprint density at radius 2 is 1.85 bits per heavy atom. The third-order valence-corrected chi connectivity index (χ3v) is 5.05. The number of ether oxygens (including phenoxy) is 1. The molecule has 0 radical (unpaired) electrons. The number of hydrogen-bond donors (Lipinski definition) is 0. The van der Waals surface area contributed by atoms with E-state index in [4.69, 9.17) is 4.74 Å². The lowest BCUT2D eigenvalue weighted by Gasteiger charge is -2.36. The predicted molar refractivity (Wildman–Crippen MR) is 102 cm³/mol. The van der Waals surface area contributed by atoms with Gasteiger partial charge < -0.3 is 14.5 Å². The van der Waals surface area contributed by atoms with Gasteiger partial charge >= 0.3 is 0 Å². The van der Waals surface area contributed by atoms with Crippen molar-refractivity contribution < 1.29 is 14.5 Å². The molecule has 1 aliphatic heterocycles. The quantitative estimate of drug-likeness (QED) is 0.560. The topological polar surface area (TPSA) is 75.9 Å². The molecule has 1 heterocycles. The van der Waals surface area contributed by atoms with Crippen molar-refractivity contribution in [3.8, 4) is 5.75 Å². The van der Waals surface area contributed by atoms with Gasteiger partial charge in [0.1, 0.15) is 5.75 Å². The van der Waals surface area contributed by atoms with Crippen LogP contribution in [0.4, 0.5) is 11.4 Å². The first-order chi connectivity index (χ1) is 12.5. The lowest BCUT2D eigenvalue weighted by Crippen LogP contribution is -2.48. The van der Waals surface area contributed by atoms with Gasteiger partial charge in [0, 0.05) is 37.8 Å². The average Bonchev–Trinajstić information content (AvgIpc) is 2.67. The number of nitro groups is 1. The molecular formula is C18H18BrN3O4. The minimum absolute atomic E-state index is 0.108. The third kappa shape index (κ3) is 3.65. The van der Waals surface area contributed by atoms with Crippen molar-refractivity contribution in [1.29, 1.82) is 0 Å². The number of methoxy groups -OCH3 is 1. The van der Waals surface area contributed by atoms with Crippen LogP contribution in [0.1, 0.15) is 10.4 Å². The van der Waals surface area contributed by atoms with E-state index in [1.165, 1.54) is 12.1 Å². The second-order valence-electron chi connectivity index (χ2n) is 5.87. The molecule has 7 nitrogen and oxygen atoms in total. The number of rotatable bonds is 4. The molecule has 3 rings (SSSR count). The Balaban J connectivity index is 1.71. The van der Waals surface area contributed by atoms with E-state index in [9.17, 15) is 14.9 Å². The van der Waals surface area contributed by atoms with Gasteiger partial charge in [0.2, 0.25) is 0 Å². The normalized spacial score (nSPS) is 14.2. The number of amides is 1. The maximum atomic E-state index is 12.7. The summed E-state index contributed by atoms with van der Waals surface area (Å²) in [6.45, 7) is 2.43. The van der Waals surface area contributed by atoms with Gasteiger partial charge in [0.15, 0.2) is 0 Å². The molecule has 0 saturated carbocycles. The van der Waals surface area contributed by atoms with Crippen LogP contribution in [-0.2, 0) is 0 Å². The van der Waals surface area contributed by atoms with E-state index in [0.717, 1.165) is 11.4 Å². The van der Waals surface area contributed by atoms with Crippen LogP contribution in [-0.4, -0.2) is 49.0 Å². The van der Waals surface area contributed by atoms with E-state index in [2.05, 4.69) is 20.8 Å². The van der Waals surface area contributed by atoms with Crippen molar-refractivity contribution in [2.75, 3.05) is 38.2 Å². The molecular weight excluding hydrogens is 402 g/mol. The van der Waals surface area contributed by atoms with E-state index in [1.54, 1.807) is 18.1 Å². The molecule has 0 spiro atoms. The zero-order valence-corrected chi connectivity index (χ0v) is 15.8. The Labute approximate surface area is 159 Å². The monoisotopic (exact) mass is 419 g/mol. The molecule has 0 atom stereocenters. The summed E-state index contributed by atoms with van der Waals surface area (Å²) in [7, 11) is 1.64. The smallest absolute Gasteiger partial charge is 0.284 e. The van der Waals surface area contributed by atoms with Crippen molar-refractivity contribution in [2.45, 2.75) is 0 Å². The summed E-state index contributed by atoms with van der Waals surface area (Å²) in [5, 5.41) is 11.1. The standard InChI is InChI=1S/C18H18BrN3O4/c1-26-17-5-3-2-4-15(17)20-8-10-21(11-9-20)18(23)13-6-7-14(19)16(12-13)22(24)25/h2-7,12H,8-11H2,1H3. The molecule has 2 aromatic rings. The van der Waals surface area contributed by atoms with Gasteiger partial charge in [-0.3, -0.25) is 14.9 Å². The van der Waals surface area contributed by atoms with Crippen LogP contribution in [0.2, 0.25) is 0 Å². The number of halogens is 1. The van der Waals surface area contributed by atoms with Crippen LogP contribution in [0.3, 0.4) is 0 Å². The van der Waals surface area contributed by atoms with Crippen LogP contribution in [0.15, 0.2) is 46.9 Å². The maximum absolute atomic E-state index is 12.7. The van der Waals surface area contributed by atoms with Gasteiger partial charge in [0.25, 0.3) is 11.6 Å². The summed E-state index contributed by atoms with van der Waals surface area (Å²) >= 11 is 3.14. The molecule has 0 unspecified atom stereocenters. The Morgan fingerprint density at radius 3 is 2.50 bits per heavy atom. The van der Waals surface area contributed by atoms with Crippen LogP contribution < -0.4 is 9.64 Å². The highest BCUT2D eigenvalue weighted by Gasteiger charge is 2.25. The van der Waals surface area contributed by atoms with E-state index < -0.39 is 4.92 Å². The van der Waals surface area contributed by atoms with E-state index in [0.29, 0.717) is 36.2 Å². The summed E-state index contributed by atoms with van der Waals surface area (Å²) in [6.07, 6.45) is 0. The van der Waals surface area contributed by atoms with Crippen molar-refractivity contribution >= 4 is 33.2 Å².